The molecule has 0 saturated carbocycles. The summed E-state index contributed by atoms with van der Waals surface area (Å²) < 4.78 is 0. The van der Waals surface area contributed by atoms with Crippen molar-refractivity contribution in [2.24, 2.45) is 5.92 Å². The Morgan fingerprint density at radius 3 is 2.31 bits per heavy atom. The Balaban J connectivity index is 3.86. The fourth-order valence-electron chi connectivity index (χ4n) is 1.14. The van der Waals surface area contributed by atoms with E-state index in [0.29, 0.717) is 5.92 Å². The molecular weight excluding hydrogens is 206 g/mol. The van der Waals surface area contributed by atoms with Crippen LogP contribution in [0.15, 0.2) is 0 Å². The van der Waals surface area contributed by atoms with E-state index in [0.717, 1.165) is 12.8 Å². The number of hydrogen-bond acceptors (Lipinski definition) is 3. The van der Waals surface area contributed by atoms with E-state index in [1.807, 2.05) is 6.92 Å². The number of amides is 2. The highest BCUT2D eigenvalue weighted by atomic mass is 16.2. The first-order chi connectivity index (χ1) is 7.47. The van der Waals surface area contributed by atoms with Gasteiger partial charge in [0.1, 0.15) is 6.54 Å². The number of carbonyl (C=O) groups is 2. The predicted octanol–water partition coefficient (Wildman–Crippen LogP) is 0.567. The van der Waals surface area contributed by atoms with Crippen LogP contribution in [0.4, 0.5) is 0 Å². The lowest BCUT2D eigenvalue weighted by molar-refractivity contribution is -0.139. The number of nitrogens with one attached hydrogen (secondary N) is 2. The Hall–Kier alpha value is -1.57. The quantitative estimate of drug-likeness (QED) is 0.530. The molecule has 5 heteroatoms. The van der Waals surface area contributed by atoms with Crippen LogP contribution in [0.25, 0.3) is 0 Å². The minimum absolute atomic E-state index is 0.0252. The summed E-state index contributed by atoms with van der Waals surface area (Å²) in [6.07, 6.45) is 1.84. The van der Waals surface area contributed by atoms with E-state index >= 15 is 0 Å². The topological polar surface area (TPSA) is 82.0 Å². The van der Waals surface area contributed by atoms with Crippen LogP contribution in [-0.4, -0.2) is 24.4 Å². The molecule has 16 heavy (non-hydrogen) atoms. The van der Waals surface area contributed by atoms with Gasteiger partial charge in [0.15, 0.2) is 0 Å². The Labute approximate surface area is 96.2 Å². The summed E-state index contributed by atoms with van der Waals surface area (Å²) >= 11 is 0. The molecule has 0 saturated heterocycles. The maximum Gasteiger partial charge on any atom is 0.310 e. The molecule has 1 atom stereocenters. The van der Waals surface area contributed by atoms with Crippen LogP contribution < -0.4 is 10.6 Å². The fraction of sp³-hybridized carbons (Fsp3) is 0.727. The van der Waals surface area contributed by atoms with E-state index in [-0.39, 0.29) is 12.6 Å². The zero-order chi connectivity index (χ0) is 12.6. The molecule has 0 fully saturated rings. The van der Waals surface area contributed by atoms with Crippen LogP contribution in [0.5, 0.6) is 0 Å². The summed E-state index contributed by atoms with van der Waals surface area (Å²) in [5.41, 5.74) is 0. The van der Waals surface area contributed by atoms with Gasteiger partial charge in [0.05, 0.1) is 6.07 Å². The second-order valence-corrected chi connectivity index (χ2v) is 4.19. The van der Waals surface area contributed by atoms with Gasteiger partial charge in [0.2, 0.25) is 0 Å². The number of rotatable bonds is 5. The SMILES string of the molecule is CC(C)CCC(C)NC(=O)C(=O)NCC#N. The van der Waals surface area contributed by atoms with Crippen LogP contribution in [-0.2, 0) is 9.59 Å². The lowest BCUT2D eigenvalue weighted by Gasteiger charge is -2.14. The van der Waals surface area contributed by atoms with Crippen molar-refractivity contribution in [3.8, 4) is 6.07 Å². The van der Waals surface area contributed by atoms with Crippen molar-refractivity contribution in [2.75, 3.05) is 6.54 Å². The van der Waals surface area contributed by atoms with Crippen molar-refractivity contribution in [3.63, 3.8) is 0 Å². The van der Waals surface area contributed by atoms with Crippen molar-refractivity contribution in [3.05, 3.63) is 0 Å². The maximum absolute atomic E-state index is 11.3. The smallest absolute Gasteiger partial charge is 0.310 e. The summed E-state index contributed by atoms with van der Waals surface area (Å²) in [5, 5.41) is 13.0. The van der Waals surface area contributed by atoms with Gasteiger partial charge in [-0.3, -0.25) is 9.59 Å². The number of nitriles is 1. The molecule has 2 N–H and O–H groups in total. The van der Waals surface area contributed by atoms with Gasteiger partial charge in [-0.1, -0.05) is 13.8 Å². The van der Waals surface area contributed by atoms with Gasteiger partial charge < -0.3 is 10.6 Å². The lowest BCUT2D eigenvalue weighted by Crippen LogP contribution is -2.43. The molecule has 0 bridgehead atoms. The van der Waals surface area contributed by atoms with E-state index in [1.165, 1.54) is 0 Å². The van der Waals surface area contributed by atoms with Crippen molar-refractivity contribution < 1.29 is 9.59 Å². The van der Waals surface area contributed by atoms with E-state index in [9.17, 15) is 9.59 Å². The third-order valence-electron chi connectivity index (χ3n) is 2.09. The molecule has 0 heterocycles. The Kier molecular flexibility index (Phi) is 6.93. The van der Waals surface area contributed by atoms with Crippen LogP contribution in [0.3, 0.4) is 0 Å². The fourth-order valence-corrected chi connectivity index (χ4v) is 1.14. The van der Waals surface area contributed by atoms with Crippen molar-refractivity contribution in [1.82, 2.24) is 10.6 Å². The minimum Gasteiger partial charge on any atom is -0.345 e. The van der Waals surface area contributed by atoms with Crippen LogP contribution in [0.1, 0.15) is 33.6 Å². The Morgan fingerprint density at radius 1 is 1.19 bits per heavy atom. The van der Waals surface area contributed by atoms with Gasteiger partial charge in [0, 0.05) is 6.04 Å². The summed E-state index contributed by atoms with van der Waals surface area (Å²) in [4.78, 5) is 22.4. The first-order valence-electron chi connectivity index (χ1n) is 5.43. The van der Waals surface area contributed by atoms with Crippen LogP contribution in [0.2, 0.25) is 0 Å². The molecule has 0 aliphatic heterocycles. The number of hydrogen-bond donors (Lipinski definition) is 2. The molecule has 0 spiro atoms. The van der Waals surface area contributed by atoms with E-state index in [2.05, 4.69) is 24.5 Å². The monoisotopic (exact) mass is 225 g/mol. The average molecular weight is 225 g/mol. The standard InChI is InChI=1S/C11H19N3O2/c1-8(2)4-5-9(3)14-11(16)10(15)13-7-6-12/h8-9H,4-5,7H2,1-3H3,(H,13,15)(H,14,16). The van der Waals surface area contributed by atoms with Gasteiger partial charge in [-0.2, -0.15) is 5.26 Å². The normalized spacial score (nSPS) is 11.7. The molecule has 0 rings (SSSR count). The molecular formula is C11H19N3O2. The number of nitrogens with zero attached hydrogens (tertiary/aromatic N) is 1. The molecule has 0 aromatic heterocycles. The summed E-state index contributed by atoms with van der Waals surface area (Å²) in [6.45, 7) is 5.92. The third kappa shape index (κ3) is 6.82. The second-order valence-electron chi connectivity index (χ2n) is 4.19. The Bertz CT molecular complexity index is 281. The highest BCUT2D eigenvalue weighted by Crippen LogP contribution is 2.05. The molecule has 5 nitrogen and oxygen atoms in total. The molecule has 0 aromatic carbocycles. The van der Waals surface area contributed by atoms with E-state index in [1.54, 1.807) is 6.07 Å². The highest BCUT2D eigenvalue weighted by Gasteiger charge is 2.15. The van der Waals surface area contributed by atoms with Crippen LogP contribution >= 0.6 is 0 Å². The molecule has 0 aromatic rings. The van der Waals surface area contributed by atoms with Crippen LogP contribution in [0, 0.1) is 17.2 Å². The van der Waals surface area contributed by atoms with Crippen molar-refractivity contribution in [1.29, 1.82) is 5.26 Å². The Morgan fingerprint density at radius 2 is 1.81 bits per heavy atom. The van der Waals surface area contributed by atoms with Gasteiger partial charge in [0.25, 0.3) is 0 Å². The van der Waals surface area contributed by atoms with Gasteiger partial charge in [-0.05, 0) is 25.7 Å². The minimum atomic E-state index is -0.752. The van der Waals surface area contributed by atoms with Gasteiger partial charge >= 0.3 is 11.8 Å². The molecule has 0 aliphatic rings. The predicted molar refractivity (Wildman–Crippen MR) is 60.3 cm³/mol. The van der Waals surface area contributed by atoms with Gasteiger partial charge in [-0.15, -0.1) is 0 Å². The second kappa shape index (κ2) is 7.69. The molecule has 90 valence electrons. The lowest BCUT2D eigenvalue weighted by atomic mass is 10.0. The largest absolute Gasteiger partial charge is 0.345 e. The molecule has 1 unspecified atom stereocenters. The van der Waals surface area contributed by atoms with Crippen molar-refractivity contribution in [2.45, 2.75) is 39.7 Å². The average Bonchev–Trinajstić information content (AvgIpc) is 2.22. The summed E-state index contributed by atoms with van der Waals surface area (Å²) in [5.74, 6) is -0.851. The molecule has 0 radical (unpaired) electrons. The zero-order valence-electron chi connectivity index (χ0n) is 10.0. The summed E-state index contributed by atoms with van der Waals surface area (Å²) in [7, 11) is 0. The summed E-state index contributed by atoms with van der Waals surface area (Å²) in [6, 6.07) is 1.71. The first kappa shape index (κ1) is 14.4. The van der Waals surface area contributed by atoms with Crippen molar-refractivity contribution >= 4 is 11.8 Å². The first-order valence-corrected chi connectivity index (χ1v) is 5.43. The zero-order valence-corrected chi connectivity index (χ0v) is 10.0. The number of carbonyl (C=O) groups excluding carboxylic acids is 2. The van der Waals surface area contributed by atoms with E-state index in [4.69, 9.17) is 5.26 Å². The van der Waals surface area contributed by atoms with Gasteiger partial charge in [-0.25, -0.2) is 0 Å². The molecule has 2 amide bonds. The maximum atomic E-state index is 11.3. The third-order valence-corrected chi connectivity index (χ3v) is 2.09. The van der Waals surface area contributed by atoms with E-state index < -0.39 is 11.8 Å². The highest BCUT2D eigenvalue weighted by molar-refractivity contribution is 6.35. The molecule has 0 aliphatic carbocycles.